The first-order valence-electron chi connectivity index (χ1n) is 4.29. The van der Waals surface area contributed by atoms with E-state index < -0.39 is 25.3 Å². The summed E-state index contributed by atoms with van der Waals surface area (Å²) in [5, 5.41) is 8.70. The summed E-state index contributed by atoms with van der Waals surface area (Å²) in [6.07, 6.45) is 0. The number of carbonyl (C=O) groups is 1. The highest BCUT2D eigenvalue weighted by Crippen LogP contribution is 2.42. The Labute approximate surface area is 88.2 Å². The fraction of sp³-hybridized carbons (Fsp3) is 0.857. The lowest BCUT2D eigenvalue weighted by Crippen LogP contribution is -2.52. The Hall–Kier alpha value is -0.460. The van der Waals surface area contributed by atoms with Gasteiger partial charge >= 0.3 is 13.6 Å². The molecule has 0 aromatic carbocycles. The van der Waals surface area contributed by atoms with Gasteiger partial charge in [-0.3, -0.25) is 9.36 Å². The van der Waals surface area contributed by atoms with Crippen LogP contribution < -0.4 is 5.73 Å². The Morgan fingerprint density at radius 1 is 1.40 bits per heavy atom. The number of aliphatic carboxylic acids is 1. The third kappa shape index (κ3) is 5.25. The molecule has 7 nitrogen and oxygen atoms in total. The Bertz CT molecular complexity index is 282. The molecule has 0 fully saturated rings. The molecule has 8 heteroatoms. The van der Waals surface area contributed by atoms with Crippen LogP contribution >= 0.6 is 7.60 Å². The predicted molar refractivity (Wildman–Crippen MR) is 54.3 cm³/mol. The average molecular weight is 241 g/mol. The summed E-state index contributed by atoms with van der Waals surface area (Å²) in [4.78, 5) is 28.4. The molecule has 0 saturated carbocycles. The van der Waals surface area contributed by atoms with Gasteiger partial charge in [-0.05, 0) is 0 Å². The molecule has 0 amide bonds. The first-order valence-corrected chi connectivity index (χ1v) is 5.97. The normalized spacial score (nSPS) is 17.2. The molecule has 0 radical (unpaired) electrons. The number of carboxylic acids is 1. The molecular formula is C7H18N2O5P+. The highest BCUT2D eigenvalue weighted by molar-refractivity contribution is 7.53. The first-order chi connectivity index (χ1) is 6.45. The van der Waals surface area contributed by atoms with Crippen molar-refractivity contribution in [3.05, 3.63) is 0 Å². The maximum absolute atomic E-state index is 10.9. The summed E-state index contributed by atoms with van der Waals surface area (Å²) in [7, 11) is 0.578. The lowest BCUT2D eigenvalue weighted by Gasteiger charge is -2.30. The molecule has 15 heavy (non-hydrogen) atoms. The summed E-state index contributed by atoms with van der Waals surface area (Å²) in [5.41, 5.74) is 3.66. The van der Waals surface area contributed by atoms with Crippen LogP contribution in [-0.2, 0) is 9.36 Å². The maximum atomic E-state index is 10.9. The standard InChI is InChI=1S/C7H17N2O5P/c1-9(2,3)4-5(8)6(7(10)11)15(12,13)14/h5-6H,4,8H2,1-3H3,(H2-,10,11,12,13,14)/p+1. The first kappa shape index (κ1) is 14.5. The Balaban J connectivity index is 4.82. The van der Waals surface area contributed by atoms with Crippen LogP contribution in [-0.4, -0.2) is 64.7 Å². The van der Waals surface area contributed by atoms with E-state index in [-0.39, 0.29) is 6.54 Å². The number of quaternary nitrogens is 1. The van der Waals surface area contributed by atoms with Gasteiger partial charge in [0, 0.05) is 0 Å². The van der Waals surface area contributed by atoms with E-state index in [0.717, 1.165) is 0 Å². The molecule has 5 N–H and O–H groups in total. The van der Waals surface area contributed by atoms with Gasteiger partial charge in [-0.15, -0.1) is 0 Å². The average Bonchev–Trinajstić information content (AvgIpc) is 1.74. The molecule has 0 aliphatic carbocycles. The summed E-state index contributed by atoms with van der Waals surface area (Å²) < 4.78 is 11.3. The van der Waals surface area contributed by atoms with Gasteiger partial charge in [0.05, 0.1) is 33.7 Å². The van der Waals surface area contributed by atoms with E-state index in [0.29, 0.717) is 4.48 Å². The van der Waals surface area contributed by atoms with Gasteiger partial charge in [-0.1, -0.05) is 0 Å². The van der Waals surface area contributed by atoms with Crippen molar-refractivity contribution in [2.24, 2.45) is 5.73 Å². The third-order valence-corrected chi connectivity index (χ3v) is 3.11. The van der Waals surface area contributed by atoms with Crippen LogP contribution in [0.2, 0.25) is 0 Å². The molecule has 0 spiro atoms. The topological polar surface area (TPSA) is 121 Å². The third-order valence-electron chi connectivity index (χ3n) is 1.78. The van der Waals surface area contributed by atoms with Crippen molar-refractivity contribution in [2.45, 2.75) is 11.7 Å². The number of nitrogens with two attached hydrogens (primary N) is 1. The monoisotopic (exact) mass is 241 g/mol. The lowest BCUT2D eigenvalue weighted by molar-refractivity contribution is -0.871. The van der Waals surface area contributed by atoms with Gasteiger partial charge in [0.15, 0.2) is 5.66 Å². The zero-order valence-electron chi connectivity index (χ0n) is 8.99. The number of rotatable bonds is 5. The number of hydrogen-bond acceptors (Lipinski definition) is 3. The van der Waals surface area contributed by atoms with Gasteiger partial charge in [0.2, 0.25) is 0 Å². The molecular weight excluding hydrogens is 223 g/mol. The molecule has 0 heterocycles. The molecule has 0 aliphatic rings. The summed E-state index contributed by atoms with van der Waals surface area (Å²) in [5.74, 6) is -1.57. The van der Waals surface area contributed by atoms with Gasteiger partial charge < -0.3 is 25.1 Å². The molecule has 0 aromatic heterocycles. The minimum atomic E-state index is -4.71. The summed E-state index contributed by atoms with van der Waals surface area (Å²) >= 11 is 0. The Kier molecular flexibility index (Phi) is 4.45. The molecule has 2 unspecified atom stereocenters. The van der Waals surface area contributed by atoms with Crippen molar-refractivity contribution >= 4 is 13.6 Å². The number of hydrogen-bond donors (Lipinski definition) is 4. The second-order valence-electron chi connectivity index (χ2n) is 4.51. The molecule has 0 saturated heterocycles. The molecule has 2 atom stereocenters. The van der Waals surface area contributed by atoms with Gasteiger partial charge in [-0.25, -0.2) is 0 Å². The molecule has 0 aliphatic heterocycles. The number of carboxylic acid groups (broad SMARTS) is 1. The lowest BCUT2D eigenvalue weighted by atomic mass is 10.2. The van der Waals surface area contributed by atoms with Crippen molar-refractivity contribution in [3.8, 4) is 0 Å². The predicted octanol–water partition coefficient (Wildman–Crippen LogP) is -1.35. The minimum Gasteiger partial charge on any atom is -0.481 e. The quantitative estimate of drug-likeness (QED) is 0.349. The smallest absolute Gasteiger partial charge is 0.341 e. The maximum Gasteiger partial charge on any atom is 0.341 e. The van der Waals surface area contributed by atoms with Gasteiger partial charge in [-0.2, -0.15) is 0 Å². The van der Waals surface area contributed by atoms with E-state index in [1.165, 1.54) is 0 Å². The zero-order valence-corrected chi connectivity index (χ0v) is 9.89. The van der Waals surface area contributed by atoms with E-state index in [2.05, 4.69) is 0 Å². The SMILES string of the molecule is C[N+](C)(C)CC(N)C(C(=O)O)P(=O)(O)O. The Morgan fingerprint density at radius 3 is 2.00 bits per heavy atom. The Morgan fingerprint density at radius 2 is 1.80 bits per heavy atom. The van der Waals surface area contributed by atoms with Gasteiger partial charge in [0.1, 0.15) is 0 Å². The second-order valence-corrected chi connectivity index (χ2v) is 6.24. The van der Waals surface area contributed by atoms with Crippen LogP contribution in [0.3, 0.4) is 0 Å². The van der Waals surface area contributed by atoms with Gasteiger partial charge in [0.25, 0.3) is 0 Å². The zero-order chi connectivity index (χ0) is 12.4. The van der Waals surface area contributed by atoms with Crippen molar-refractivity contribution in [3.63, 3.8) is 0 Å². The minimum absolute atomic E-state index is 0.169. The summed E-state index contributed by atoms with van der Waals surface area (Å²) in [6, 6.07) is -1.08. The highest BCUT2D eigenvalue weighted by Gasteiger charge is 2.42. The fourth-order valence-electron chi connectivity index (χ4n) is 1.31. The van der Waals surface area contributed by atoms with E-state index in [9.17, 15) is 9.36 Å². The van der Waals surface area contributed by atoms with Crippen LogP contribution in [0.1, 0.15) is 0 Å². The molecule has 90 valence electrons. The second kappa shape index (κ2) is 4.59. The summed E-state index contributed by atoms with van der Waals surface area (Å²) in [6.45, 7) is 0.169. The van der Waals surface area contributed by atoms with Crippen molar-refractivity contribution in [2.75, 3.05) is 27.7 Å². The molecule has 0 bridgehead atoms. The van der Waals surface area contributed by atoms with Crippen LogP contribution in [0, 0.1) is 0 Å². The van der Waals surface area contributed by atoms with E-state index in [1.54, 1.807) is 21.1 Å². The molecule has 0 rings (SSSR count). The number of likely N-dealkylation sites (N-methyl/N-ethyl adjacent to an activating group) is 1. The van der Waals surface area contributed by atoms with Crippen LogP contribution in [0.5, 0.6) is 0 Å². The number of nitrogens with zero attached hydrogens (tertiary/aromatic N) is 1. The van der Waals surface area contributed by atoms with Crippen molar-refractivity contribution in [1.82, 2.24) is 0 Å². The van der Waals surface area contributed by atoms with Crippen LogP contribution in [0.4, 0.5) is 0 Å². The largest absolute Gasteiger partial charge is 0.481 e. The van der Waals surface area contributed by atoms with Crippen LogP contribution in [0.15, 0.2) is 0 Å². The molecule has 0 aromatic rings. The van der Waals surface area contributed by atoms with E-state index in [4.69, 9.17) is 20.6 Å². The van der Waals surface area contributed by atoms with Crippen LogP contribution in [0.25, 0.3) is 0 Å². The highest BCUT2D eigenvalue weighted by atomic mass is 31.2. The van der Waals surface area contributed by atoms with E-state index >= 15 is 0 Å². The van der Waals surface area contributed by atoms with Crippen molar-refractivity contribution in [1.29, 1.82) is 0 Å². The van der Waals surface area contributed by atoms with E-state index in [1.807, 2.05) is 0 Å². The van der Waals surface area contributed by atoms with Crippen molar-refractivity contribution < 1.29 is 28.7 Å². The fourth-order valence-corrected chi connectivity index (χ4v) is 2.19.